The van der Waals surface area contributed by atoms with Crippen molar-refractivity contribution < 1.29 is 17.9 Å². The number of hydrogen-bond acceptors (Lipinski definition) is 1. The summed E-state index contributed by atoms with van der Waals surface area (Å²) in [4.78, 5) is 0. The molecule has 0 bridgehead atoms. The highest BCUT2D eigenvalue weighted by Gasteiger charge is 2.30. The second-order valence-electron chi connectivity index (χ2n) is 4.04. The first kappa shape index (κ1) is 13.9. The third-order valence-electron chi connectivity index (χ3n) is 2.54. The maximum atomic E-state index is 12.6. The summed E-state index contributed by atoms with van der Waals surface area (Å²) in [5.74, 6) is 0.685. The molecule has 0 aliphatic rings. The normalized spacial score (nSPS) is 11.4. The Morgan fingerprint density at radius 2 is 1.79 bits per heavy atom. The lowest BCUT2D eigenvalue weighted by molar-refractivity contribution is -0.137. The molecule has 0 unspecified atom stereocenters. The summed E-state index contributed by atoms with van der Waals surface area (Å²) >= 11 is 3.30. The van der Waals surface area contributed by atoms with Gasteiger partial charge in [-0.1, -0.05) is 28.1 Å². The zero-order valence-electron chi connectivity index (χ0n) is 9.96. The second kappa shape index (κ2) is 5.25. The third-order valence-corrected chi connectivity index (χ3v) is 3.03. The van der Waals surface area contributed by atoms with E-state index >= 15 is 0 Å². The van der Waals surface area contributed by atoms with E-state index in [4.69, 9.17) is 4.74 Å². The molecule has 0 aliphatic carbocycles. The minimum Gasteiger partial charge on any atom is -0.457 e. The molecule has 2 rings (SSSR count). The van der Waals surface area contributed by atoms with Crippen LogP contribution in [0.5, 0.6) is 11.5 Å². The molecule has 0 N–H and O–H groups in total. The van der Waals surface area contributed by atoms with Crippen molar-refractivity contribution in [3.8, 4) is 11.5 Å². The number of aryl methyl sites for hydroxylation is 1. The van der Waals surface area contributed by atoms with E-state index in [1.54, 1.807) is 6.07 Å². The fourth-order valence-corrected chi connectivity index (χ4v) is 1.89. The fourth-order valence-electron chi connectivity index (χ4n) is 1.55. The van der Waals surface area contributed by atoms with Gasteiger partial charge in [0.2, 0.25) is 0 Å². The predicted octanol–water partition coefficient (Wildman–Crippen LogP) is 5.57. The molecule has 0 saturated carbocycles. The highest BCUT2D eigenvalue weighted by Crippen LogP contribution is 2.33. The first-order valence-corrected chi connectivity index (χ1v) is 6.27. The van der Waals surface area contributed by atoms with Crippen LogP contribution in [0.1, 0.15) is 11.1 Å². The molecule has 19 heavy (non-hydrogen) atoms. The van der Waals surface area contributed by atoms with E-state index in [9.17, 15) is 13.2 Å². The van der Waals surface area contributed by atoms with Crippen LogP contribution in [0.3, 0.4) is 0 Å². The zero-order chi connectivity index (χ0) is 14.0. The van der Waals surface area contributed by atoms with Gasteiger partial charge in [0.1, 0.15) is 11.5 Å². The van der Waals surface area contributed by atoms with E-state index in [1.165, 1.54) is 12.1 Å². The number of ether oxygens (including phenoxy) is 1. The lowest BCUT2D eigenvalue weighted by Gasteiger charge is -2.11. The Labute approximate surface area is 117 Å². The second-order valence-corrected chi connectivity index (χ2v) is 4.95. The maximum Gasteiger partial charge on any atom is 0.416 e. The highest BCUT2D eigenvalue weighted by atomic mass is 79.9. The van der Waals surface area contributed by atoms with E-state index in [0.29, 0.717) is 5.75 Å². The van der Waals surface area contributed by atoms with Gasteiger partial charge in [-0.15, -0.1) is 0 Å². The van der Waals surface area contributed by atoms with E-state index in [2.05, 4.69) is 15.9 Å². The van der Waals surface area contributed by atoms with Crippen LogP contribution in [0.25, 0.3) is 0 Å². The number of alkyl halides is 3. The van der Waals surface area contributed by atoms with Gasteiger partial charge in [-0.05, 0) is 42.8 Å². The van der Waals surface area contributed by atoms with Crippen molar-refractivity contribution >= 4 is 15.9 Å². The molecule has 0 saturated heterocycles. The van der Waals surface area contributed by atoms with Crippen molar-refractivity contribution in [1.82, 2.24) is 0 Å². The van der Waals surface area contributed by atoms with E-state index in [-0.39, 0.29) is 5.75 Å². The molecule has 1 nitrogen and oxygen atoms in total. The Hall–Kier alpha value is -1.49. The van der Waals surface area contributed by atoms with Crippen molar-refractivity contribution in [1.29, 1.82) is 0 Å². The molecule has 0 atom stereocenters. The first-order valence-electron chi connectivity index (χ1n) is 5.47. The van der Waals surface area contributed by atoms with Crippen molar-refractivity contribution in [3.63, 3.8) is 0 Å². The van der Waals surface area contributed by atoms with Crippen molar-refractivity contribution in [3.05, 3.63) is 58.1 Å². The zero-order valence-corrected chi connectivity index (χ0v) is 11.5. The quantitative estimate of drug-likeness (QED) is 0.699. The number of benzene rings is 2. The molecule has 100 valence electrons. The van der Waals surface area contributed by atoms with Gasteiger partial charge in [-0.2, -0.15) is 13.2 Å². The van der Waals surface area contributed by atoms with Gasteiger partial charge in [0, 0.05) is 4.47 Å². The Bertz CT molecular complexity index is 593. The van der Waals surface area contributed by atoms with Gasteiger partial charge >= 0.3 is 6.18 Å². The minimum atomic E-state index is -4.37. The Morgan fingerprint density at radius 3 is 2.47 bits per heavy atom. The molecule has 2 aromatic carbocycles. The van der Waals surface area contributed by atoms with Gasteiger partial charge in [0.25, 0.3) is 0 Å². The molecular formula is C14H10BrF3O. The first-order chi connectivity index (χ1) is 8.86. The van der Waals surface area contributed by atoms with Gasteiger partial charge in [-0.3, -0.25) is 0 Å². The molecule has 2 aromatic rings. The molecule has 0 amide bonds. The largest absolute Gasteiger partial charge is 0.457 e. The molecule has 0 heterocycles. The number of hydrogen-bond donors (Lipinski definition) is 0. The van der Waals surface area contributed by atoms with E-state index < -0.39 is 11.7 Å². The summed E-state index contributed by atoms with van der Waals surface area (Å²) in [5.41, 5.74) is 0.123. The van der Waals surface area contributed by atoms with Gasteiger partial charge in [0.05, 0.1) is 5.56 Å². The summed E-state index contributed by atoms with van der Waals surface area (Å²) in [5, 5.41) is 0. The molecule has 0 spiro atoms. The number of rotatable bonds is 2. The van der Waals surface area contributed by atoms with Crippen LogP contribution in [-0.2, 0) is 6.18 Å². The van der Waals surface area contributed by atoms with Gasteiger partial charge < -0.3 is 4.74 Å². The topological polar surface area (TPSA) is 9.23 Å². The maximum absolute atomic E-state index is 12.6. The summed E-state index contributed by atoms with van der Waals surface area (Å²) in [7, 11) is 0. The molecule has 0 fully saturated rings. The van der Waals surface area contributed by atoms with Crippen LogP contribution in [0.4, 0.5) is 13.2 Å². The lowest BCUT2D eigenvalue weighted by Crippen LogP contribution is -2.04. The third kappa shape index (κ3) is 3.50. The molecule has 0 aromatic heterocycles. The fraction of sp³-hybridized carbons (Fsp3) is 0.143. The van der Waals surface area contributed by atoms with E-state index in [1.807, 2.05) is 19.1 Å². The summed E-state index contributed by atoms with van der Waals surface area (Å²) in [6, 6.07) is 10.2. The SMILES string of the molecule is Cc1ccc(Br)cc1Oc1cccc(C(F)(F)F)c1. The highest BCUT2D eigenvalue weighted by molar-refractivity contribution is 9.10. The Balaban J connectivity index is 2.31. The van der Waals surface area contributed by atoms with Gasteiger partial charge in [0.15, 0.2) is 0 Å². The monoisotopic (exact) mass is 330 g/mol. The Morgan fingerprint density at radius 1 is 1.05 bits per heavy atom. The van der Waals surface area contributed by atoms with Crippen molar-refractivity contribution in [2.45, 2.75) is 13.1 Å². The van der Waals surface area contributed by atoms with E-state index in [0.717, 1.165) is 22.2 Å². The van der Waals surface area contributed by atoms with Gasteiger partial charge in [-0.25, -0.2) is 0 Å². The standard InChI is InChI=1S/C14H10BrF3O/c1-9-5-6-11(15)8-13(9)19-12-4-2-3-10(7-12)14(16,17)18/h2-8H,1H3. The average Bonchev–Trinajstić information content (AvgIpc) is 2.33. The van der Waals surface area contributed by atoms with Crippen LogP contribution in [-0.4, -0.2) is 0 Å². The van der Waals surface area contributed by atoms with Crippen LogP contribution in [0, 0.1) is 6.92 Å². The number of halogens is 4. The molecular weight excluding hydrogens is 321 g/mol. The molecule has 5 heteroatoms. The van der Waals surface area contributed by atoms with Crippen molar-refractivity contribution in [2.75, 3.05) is 0 Å². The smallest absolute Gasteiger partial charge is 0.416 e. The van der Waals surface area contributed by atoms with Crippen LogP contribution >= 0.6 is 15.9 Å². The van der Waals surface area contributed by atoms with Crippen LogP contribution in [0.2, 0.25) is 0 Å². The van der Waals surface area contributed by atoms with Crippen LogP contribution in [0.15, 0.2) is 46.9 Å². The van der Waals surface area contributed by atoms with Crippen molar-refractivity contribution in [2.24, 2.45) is 0 Å². The Kier molecular flexibility index (Phi) is 3.85. The average molecular weight is 331 g/mol. The lowest BCUT2D eigenvalue weighted by atomic mass is 10.2. The minimum absolute atomic E-state index is 0.163. The molecule has 0 aliphatic heterocycles. The summed E-state index contributed by atoms with van der Waals surface area (Å²) < 4.78 is 44.1. The molecule has 0 radical (unpaired) electrons. The summed E-state index contributed by atoms with van der Waals surface area (Å²) in [6.07, 6.45) is -4.37. The predicted molar refractivity (Wildman–Crippen MR) is 70.4 cm³/mol. The summed E-state index contributed by atoms with van der Waals surface area (Å²) in [6.45, 7) is 1.83. The van der Waals surface area contributed by atoms with Crippen LogP contribution < -0.4 is 4.74 Å².